The normalized spacial score (nSPS) is 10.4. The smallest absolute Gasteiger partial charge is 0.338 e. The Hall–Kier alpha value is -3.40. The standard InChI is InChI=1S/C25H25NO3/c1-17-13-18(2)24(19(3)14-17)26-23(27)16-29-25(28)22-12-8-7-11-21(22)15-20-9-5-4-6-10-20/h4-14H,15-16H2,1-3H3,(H,26,27). The highest BCUT2D eigenvalue weighted by Crippen LogP contribution is 2.22. The number of rotatable bonds is 6. The van der Waals surface area contributed by atoms with Gasteiger partial charge in [0.1, 0.15) is 0 Å². The average Bonchev–Trinajstić information content (AvgIpc) is 2.70. The van der Waals surface area contributed by atoms with Crippen molar-refractivity contribution in [2.75, 3.05) is 11.9 Å². The number of carbonyl (C=O) groups excluding carboxylic acids is 2. The molecule has 0 aliphatic carbocycles. The van der Waals surface area contributed by atoms with E-state index in [1.54, 1.807) is 12.1 Å². The lowest BCUT2D eigenvalue weighted by Gasteiger charge is -2.13. The summed E-state index contributed by atoms with van der Waals surface area (Å²) in [4.78, 5) is 24.9. The third-order valence-corrected chi connectivity index (χ3v) is 4.75. The molecule has 0 aromatic heterocycles. The van der Waals surface area contributed by atoms with Crippen LogP contribution in [-0.2, 0) is 16.0 Å². The maximum Gasteiger partial charge on any atom is 0.338 e. The van der Waals surface area contributed by atoms with Gasteiger partial charge < -0.3 is 10.1 Å². The van der Waals surface area contributed by atoms with Crippen LogP contribution in [0, 0.1) is 20.8 Å². The summed E-state index contributed by atoms with van der Waals surface area (Å²) < 4.78 is 5.29. The second kappa shape index (κ2) is 9.20. The van der Waals surface area contributed by atoms with Crippen molar-refractivity contribution >= 4 is 17.6 Å². The van der Waals surface area contributed by atoms with Crippen LogP contribution in [0.15, 0.2) is 66.7 Å². The number of aryl methyl sites for hydroxylation is 3. The van der Waals surface area contributed by atoms with Crippen LogP contribution in [0.1, 0.15) is 38.2 Å². The third-order valence-electron chi connectivity index (χ3n) is 4.75. The fourth-order valence-electron chi connectivity index (χ4n) is 3.45. The van der Waals surface area contributed by atoms with E-state index in [0.29, 0.717) is 12.0 Å². The van der Waals surface area contributed by atoms with Crippen molar-refractivity contribution in [2.24, 2.45) is 0 Å². The molecule has 4 nitrogen and oxygen atoms in total. The highest BCUT2D eigenvalue weighted by molar-refractivity contribution is 5.97. The van der Waals surface area contributed by atoms with Gasteiger partial charge in [0.2, 0.25) is 0 Å². The van der Waals surface area contributed by atoms with E-state index < -0.39 is 5.97 Å². The van der Waals surface area contributed by atoms with Gasteiger partial charge in [-0.05, 0) is 55.5 Å². The number of esters is 1. The number of carbonyl (C=O) groups is 2. The lowest BCUT2D eigenvalue weighted by molar-refractivity contribution is -0.119. The first-order chi connectivity index (χ1) is 13.9. The minimum Gasteiger partial charge on any atom is -0.452 e. The molecule has 29 heavy (non-hydrogen) atoms. The van der Waals surface area contributed by atoms with Crippen molar-refractivity contribution in [3.8, 4) is 0 Å². The Morgan fingerprint density at radius 3 is 2.17 bits per heavy atom. The van der Waals surface area contributed by atoms with Gasteiger partial charge in [0.25, 0.3) is 5.91 Å². The molecule has 0 aliphatic rings. The zero-order valence-corrected chi connectivity index (χ0v) is 17.0. The van der Waals surface area contributed by atoms with E-state index in [4.69, 9.17) is 4.74 Å². The first-order valence-corrected chi connectivity index (χ1v) is 9.60. The van der Waals surface area contributed by atoms with Crippen LogP contribution >= 0.6 is 0 Å². The predicted octanol–water partition coefficient (Wildman–Crippen LogP) is 5.00. The first kappa shape index (κ1) is 20.3. The Morgan fingerprint density at radius 2 is 1.48 bits per heavy atom. The number of benzene rings is 3. The van der Waals surface area contributed by atoms with Gasteiger partial charge in [0.05, 0.1) is 5.56 Å². The molecule has 0 radical (unpaired) electrons. The fourth-order valence-corrected chi connectivity index (χ4v) is 3.45. The second-order valence-corrected chi connectivity index (χ2v) is 7.22. The maximum absolute atomic E-state index is 12.6. The predicted molar refractivity (Wildman–Crippen MR) is 115 cm³/mol. The van der Waals surface area contributed by atoms with Gasteiger partial charge in [-0.2, -0.15) is 0 Å². The number of nitrogens with one attached hydrogen (secondary N) is 1. The highest BCUT2D eigenvalue weighted by atomic mass is 16.5. The number of hydrogen-bond donors (Lipinski definition) is 1. The molecular formula is C25H25NO3. The van der Waals surface area contributed by atoms with E-state index in [9.17, 15) is 9.59 Å². The lowest BCUT2D eigenvalue weighted by atomic mass is 10.00. The third kappa shape index (κ3) is 5.32. The van der Waals surface area contributed by atoms with Crippen LogP contribution in [0.5, 0.6) is 0 Å². The Morgan fingerprint density at radius 1 is 0.862 bits per heavy atom. The highest BCUT2D eigenvalue weighted by Gasteiger charge is 2.15. The molecule has 0 saturated heterocycles. The quantitative estimate of drug-likeness (QED) is 0.606. The van der Waals surface area contributed by atoms with E-state index >= 15 is 0 Å². The summed E-state index contributed by atoms with van der Waals surface area (Å²) in [6.45, 7) is 5.58. The van der Waals surface area contributed by atoms with Gasteiger partial charge >= 0.3 is 5.97 Å². The van der Waals surface area contributed by atoms with Crippen molar-refractivity contribution in [2.45, 2.75) is 27.2 Å². The Labute approximate surface area is 171 Å². The number of hydrogen-bond acceptors (Lipinski definition) is 3. The van der Waals surface area contributed by atoms with Crippen molar-refractivity contribution in [1.29, 1.82) is 0 Å². The van der Waals surface area contributed by atoms with Gasteiger partial charge in [-0.1, -0.05) is 66.2 Å². The molecule has 4 heteroatoms. The summed E-state index contributed by atoms with van der Waals surface area (Å²) in [6, 6.07) is 21.3. The van der Waals surface area contributed by atoms with Gasteiger partial charge in [0, 0.05) is 5.69 Å². The fraction of sp³-hybridized carbons (Fsp3) is 0.200. The van der Waals surface area contributed by atoms with E-state index in [0.717, 1.165) is 33.5 Å². The second-order valence-electron chi connectivity index (χ2n) is 7.22. The first-order valence-electron chi connectivity index (χ1n) is 9.60. The van der Waals surface area contributed by atoms with Crippen LogP contribution in [0.2, 0.25) is 0 Å². The van der Waals surface area contributed by atoms with Crippen LogP contribution in [0.4, 0.5) is 5.69 Å². The molecule has 1 amide bonds. The number of anilines is 1. The SMILES string of the molecule is Cc1cc(C)c(NC(=O)COC(=O)c2ccccc2Cc2ccccc2)c(C)c1. The summed E-state index contributed by atoms with van der Waals surface area (Å²) in [7, 11) is 0. The van der Waals surface area contributed by atoms with E-state index in [1.165, 1.54) is 0 Å². The Balaban J connectivity index is 1.65. The topological polar surface area (TPSA) is 55.4 Å². The molecule has 0 atom stereocenters. The van der Waals surface area contributed by atoms with Crippen LogP contribution in [0.3, 0.4) is 0 Å². The van der Waals surface area contributed by atoms with Gasteiger partial charge in [-0.3, -0.25) is 4.79 Å². The molecule has 1 N–H and O–H groups in total. The summed E-state index contributed by atoms with van der Waals surface area (Å²) in [5, 5.41) is 2.85. The van der Waals surface area contributed by atoms with Gasteiger partial charge in [-0.25, -0.2) is 4.79 Å². The van der Waals surface area contributed by atoms with Crippen molar-refractivity contribution in [1.82, 2.24) is 0 Å². The Kier molecular flexibility index (Phi) is 6.45. The molecule has 148 valence electrons. The summed E-state index contributed by atoms with van der Waals surface area (Å²) in [6.07, 6.45) is 0.625. The minimum atomic E-state index is -0.496. The largest absolute Gasteiger partial charge is 0.452 e. The minimum absolute atomic E-state index is 0.328. The molecule has 0 saturated carbocycles. The molecule has 0 unspecified atom stereocenters. The lowest BCUT2D eigenvalue weighted by Crippen LogP contribution is -2.22. The molecular weight excluding hydrogens is 362 g/mol. The molecule has 3 aromatic rings. The maximum atomic E-state index is 12.6. The van der Waals surface area contributed by atoms with Crippen LogP contribution in [0.25, 0.3) is 0 Å². The number of ether oxygens (including phenoxy) is 1. The molecule has 0 spiro atoms. The van der Waals surface area contributed by atoms with E-state index in [1.807, 2.05) is 75.4 Å². The van der Waals surface area contributed by atoms with Crippen LogP contribution < -0.4 is 5.32 Å². The molecule has 3 rings (SSSR count). The van der Waals surface area contributed by atoms with Gasteiger partial charge in [-0.15, -0.1) is 0 Å². The number of amides is 1. The monoisotopic (exact) mass is 387 g/mol. The zero-order valence-electron chi connectivity index (χ0n) is 17.0. The summed E-state index contributed by atoms with van der Waals surface area (Å²) in [5.74, 6) is -0.849. The molecule has 0 heterocycles. The Bertz CT molecular complexity index is 1000. The molecule has 3 aromatic carbocycles. The zero-order chi connectivity index (χ0) is 20.8. The van der Waals surface area contributed by atoms with Crippen LogP contribution in [-0.4, -0.2) is 18.5 Å². The van der Waals surface area contributed by atoms with Crippen molar-refractivity contribution in [3.05, 3.63) is 100 Å². The van der Waals surface area contributed by atoms with E-state index in [-0.39, 0.29) is 12.5 Å². The average molecular weight is 387 g/mol. The van der Waals surface area contributed by atoms with Gasteiger partial charge in [0.15, 0.2) is 6.61 Å². The van der Waals surface area contributed by atoms with Crippen molar-refractivity contribution < 1.29 is 14.3 Å². The molecule has 0 aliphatic heterocycles. The van der Waals surface area contributed by atoms with E-state index in [2.05, 4.69) is 5.32 Å². The summed E-state index contributed by atoms with van der Waals surface area (Å²) in [5.41, 5.74) is 6.32. The molecule has 0 fully saturated rings. The summed E-state index contributed by atoms with van der Waals surface area (Å²) >= 11 is 0. The van der Waals surface area contributed by atoms with Crippen molar-refractivity contribution in [3.63, 3.8) is 0 Å². The molecule has 0 bridgehead atoms.